The van der Waals surface area contributed by atoms with Gasteiger partial charge in [0.25, 0.3) is 0 Å². The zero-order chi connectivity index (χ0) is 14.5. The highest BCUT2D eigenvalue weighted by molar-refractivity contribution is 7.88. The number of hydrogen-bond donors (Lipinski definition) is 2. The average molecular weight is 308 g/mol. The summed E-state index contributed by atoms with van der Waals surface area (Å²) in [5.74, 6) is 0.904. The summed E-state index contributed by atoms with van der Waals surface area (Å²) in [4.78, 5) is 0. The van der Waals surface area contributed by atoms with E-state index < -0.39 is 10.0 Å². The highest BCUT2D eigenvalue weighted by Gasteiger charge is 2.14. The minimum atomic E-state index is -3.12. The smallest absolute Gasteiger partial charge is 0.211 e. The molecule has 0 saturated carbocycles. The predicted molar refractivity (Wildman–Crippen MR) is 78.3 cm³/mol. The zero-order valence-corrected chi connectivity index (χ0v) is 13.0. The minimum Gasteiger partial charge on any atom is -0.490 e. The van der Waals surface area contributed by atoms with Crippen molar-refractivity contribution < 1.29 is 13.2 Å². The normalized spacial score (nSPS) is 11.8. The fourth-order valence-corrected chi connectivity index (χ4v) is 3.26. The first-order chi connectivity index (χ1) is 8.90. The minimum absolute atomic E-state index is 0.362. The fraction of sp³-hybridized carbons (Fsp3) is 0.700. The van der Waals surface area contributed by atoms with E-state index >= 15 is 0 Å². The molecule has 0 amide bonds. The van der Waals surface area contributed by atoms with Crippen LogP contribution < -0.4 is 15.8 Å². The maximum atomic E-state index is 11.4. The van der Waals surface area contributed by atoms with Crippen LogP contribution in [-0.4, -0.2) is 50.1 Å². The third-order valence-corrected chi connectivity index (χ3v) is 4.75. The molecule has 0 aliphatic carbocycles. The van der Waals surface area contributed by atoms with Gasteiger partial charge in [-0.1, -0.05) is 6.92 Å². The van der Waals surface area contributed by atoms with E-state index in [-0.39, 0.29) is 0 Å². The third-order valence-electron chi connectivity index (χ3n) is 2.57. The van der Waals surface area contributed by atoms with E-state index in [0.717, 1.165) is 5.00 Å². The standard InChI is InChI=1S/C10H20N4O3S2/c1-4-14(19(3,15)16)7-5-6-12-10-8(17-2)9(11)13-18-10/h12H,4-7H2,1-3H3,(H2,11,13). The number of hydrogen-bond acceptors (Lipinski definition) is 7. The van der Waals surface area contributed by atoms with Gasteiger partial charge in [0.1, 0.15) is 0 Å². The van der Waals surface area contributed by atoms with Gasteiger partial charge in [0.05, 0.1) is 13.4 Å². The Morgan fingerprint density at radius 1 is 1.53 bits per heavy atom. The van der Waals surface area contributed by atoms with Gasteiger partial charge in [0, 0.05) is 19.6 Å². The van der Waals surface area contributed by atoms with Gasteiger partial charge in [-0.3, -0.25) is 0 Å². The number of sulfonamides is 1. The van der Waals surface area contributed by atoms with Crippen LogP contribution in [0.25, 0.3) is 0 Å². The van der Waals surface area contributed by atoms with Crippen LogP contribution in [0.4, 0.5) is 10.8 Å². The number of anilines is 2. The average Bonchev–Trinajstić information content (AvgIpc) is 2.68. The lowest BCUT2D eigenvalue weighted by Gasteiger charge is -2.17. The first-order valence-electron chi connectivity index (χ1n) is 5.88. The maximum Gasteiger partial charge on any atom is 0.211 e. The van der Waals surface area contributed by atoms with E-state index in [1.54, 1.807) is 0 Å². The van der Waals surface area contributed by atoms with E-state index in [1.165, 1.54) is 29.2 Å². The maximum absolute atomic E-state index is 11.4. The van der Waals surface area contributed by atoms with Crippen LogP contribution in [0.1, 0.15) is 13.3 Å². The summed E-state index contributed by atoms with van der Waals surface area (Å²) in [6.07, 6.45) is 1.92. The molecular formula is C10H20N4O3S2. The second kappa shape index (κ2) is 6.92. The third kappa shape index (κ3) is 4.51. The molecule has 0 atom stereocenters. The molecule has 0 aliphatic heterocycles. The lowest BCUT2D eigenvalue weighted by Crippen LogP contribution is -2.31. The Bertz CT molecular complexity index is 501. The highest BCUT2D eigenvalue weighted by Crippen LogP contribution is 2.34. The highest BCUT2D eigenvalue weighted by atomic mass is 32.2. The molecule has 1 aromatic heterocycles. The first-order valence-corrected chi connectivity index (χ1v) is 8.50. The number of nitrogen functional groups attached to an aromatic ring is 1. The number of aromatic nitrogens is 1. The fourth-order valence-electron chi connectivity index (χ4n) is 1.62. The zero-order valence-electron chi connectivity index (χ0n) is 11.3. The van der Waals surface area contributed by atoms with Crippen LogP contribution in [0, 0.1) is 0 Å². The van der Waals surface area contributed by atoms with Crippen molar-refractivity contribution in [3.05, 3.63) is 0 Å². The van der Waals surface area contributed by atoms with Crippen molar-refractivity contribution in [3.8, 4) is 5.75 Å². The second-order valence-electron chi connectivity index (χ2n) is 3.97. The molecule has 0 saturated heterocycles. The first kappa shape index (κ1) is 16.0. The molecule has 0 aromatic carbocycles. The van der Waals surface area contributed by atoms with Crippen molar-refractivity contribution in [3.63, 3.8) is 0 Å². The number of ether oxygens (including phenoxy) is 1. The van der Waals surface area contributed by atoms with E-state index in [4.69, 9.17) is 10.5 Å². The number of methoxy groups -OCH3 is 1. The molecule has 0 bridgehead atoms. The van der Waals surface area contributed by atoms with E-state index in [9.17, 15) is 8.42 Å². The molecule has 110 valence electrons. The Hall–Kier alpha value is -1.06. The molecule has 1 heterocycles. The van der Waals surface area contributed by atoms with Gasteiger partial charge >= 0.3 is 0 Å². The number of nitrogens with two attached hydrogens (primary N) is 1. The number of rotatable bonds is 8. The summed E-state index contributed by atoms with van der Waals surface area (Å²) >= 11 is 1.23. The summed E-state index contributed by atoms with van der Waals surface area (Å²) in [6.45, 7) is 3.42. The van der Waals surface area contributed by atoms with Gasteiger partial charge in [0.2, 0.25) is 10.0 Å². The number of nitrogens with one attached hydrogen (secondary N) is 1. The molecular weight excluding hydrogens is 288 g/mol. The lowest BCUT2D eigenvalue weighted by molar-refractivity contribution is 0.418. The molecule has 1 rings (SSSR count). The topological polar surface area (TPSA) is 97.5 Å². The van der Waals surface area contributed by atoms with Crippen molar-refractivity contribution in [2.45, 2.75) is 13.3 Å². The van der Waals surface area contributed by atoms with Crippen molar-refractivity contribution in [2.75, 3.05) is 44.1 Å². The van der Waals surface area contributed by atoms with Gasteiger partial charge in [-0.05, 0) is 18.0 Å². The molecule has 0 radical (unpaired) electrons. The predicted octanol–water partition coefficient (Wildman–Crippen LogP) is 0.817. The molecule has 0 spiro atoms. The van der Waals surface area contributed by atoms with Crippen LogP contribution in [0.3, 0.4) is 0 Å². The molecule has 1 aromatic rings. The van der Waals surface area contributed by atoms with Crippen LogP contribution >= 0.6 is 11.5 Å². The molecule has 3 N–H and O–H groups in total. The van der Waals surface area contributed by atoms with Crippen LogP contribution in [-0.2, 0) is 10.0 Å². The summed E-state index contributed by atoms with van der Waals surface area (Å²) in [6, 6.07) is 0. The van der Waals surface area contributed by atoms with E-state index in [2.05, 4.69) is 9.69 Å². The Labute approximate surface area is 118 Å². The van der Waals surface area contributed by atoms with Crippen molar-refractivity contribution >= 4 is 32.4 Å². The molecule has 19 heavy (non-hydrogen) atoms. The van der Waals surface area contributed by atoms with Crippen LogP contribution in [0.2, 0.25) is 0 Å². The Morgan fingerprint density at radius 3 is 2.74 bits per heavy atom. The van der Waals surface area contributed by atoms with Crippen LogP contribution in [0.15, 0.2) is 0 Å². The summed E-state index contributed by atoms with van der Waals surface area (Å²) in [5.41, 5.74) is 5.63. The van der Waals surface area contributed by atoms with Gasteiger partial charge in [-0.2, -0.15) is 4.37 Å². The van der Waals surface area contributed by atoms with E-state index in [0.29, 0.717) is 37.6 Å². The summed E-state index contributed by atoms with van der Waals surface area (Å²) in [7, 11) is -1.58. The molecule has 0 aliphatic rings. The molecule has 0 unspecified atom stereocenters. The Balaban J connectivity index is 2.42. The van der Waals surface area contributed by atoms with Crippen LogP contribution in [0.5, 0.6) is 5.75 Å². The molecule has 0 fully saturated rings. The summed E-state index contributed by atoms with van der Waals surface area (Å²) < 4.78 is 33.3. The van der Waals surface area contributed by atoms with Gasteiger partial charge in [-0.25, -0.2) is 12.7 Å². The summed E-state index contributed by atoms with van der Waals surface area (Å²) in [5, 5.41) is 3.91. The monoisotopic (exact) mass is 308 g/mol. The van der Waals surface area contributed by atoms with Gasteiger partial charge in [0.15, 0.2) is 16.6 Å². The SMILES string of the molecule is CCN(CCCNc1snc(N)c1OC)S(C)(=O)=O. The molecule has 7 nitrogen and oxygen atoms in total. The molecule has 9 heteroatoms. The second-order valence-corrected chi connectivity index (χ2v) is 6.72. The van der Waals surface area contributed by atoms with Crippen molar-refractivity contribution in [2.24, 2.45) is 0 Å². The van der Waals surface area contributed by atoms with Gasteiger partial charge < -0.3 is 15.8 Å². The number of nitrogens with zero attached hydrogens (tertiary/aromatic N) is 2. The largest absolute Gasteiger partial charge is 0.490 e. The lowest BCUT2D eigenvalue weighted by atomic mass is 10.4. The van der Waals surface area contributed by atoms with Crippen molar-refractivity contribution in [1.29, 1.82) is 0 Å². The quantitative estimate of drug-likeness (QED) is 0.690. The Kier molecular flexibility index (Phi) is 5.83. The van der Waals surface area contributed by atoms with Crippen molar-refractivity contribution in [1.82, 2.24) is 8.68 Å². The van der Waals surface area contributed by atoms with E-state index in [1.807, 2.05) is 6.92 Å². The van der Waals surface area contributed by atoms with Gasteiger partial charge in [-0.15, -0.1) is 0 Å². The Morgan fingerprint density at radius 2 is 2.21 bits per heavy atom.